The van der Waals surface area contributed by atoms with E-state index in [1.807, 2.05) is 36.7 Å². The molecule has 0 unspecified atom stereocenters. The summed E-state index contributed by atoms with van der Waals surface area (Å²) in [6.45, 7) is 5.79. The van der Waals surface area contributed by atoms with Gasteiger partial charge < -0.3 is 9.80 Å². The van der Waals surface area contributed by atoms with Crippen LogP contribution in [0.25, 0.3) is 0 Å². The normalized spacial score (nSPS) is 23.1. The lowest BCUT2D eigenvalue weighted by Gasteiger charge is -2.48. The smallest absolute Gasteiger partial charge is 0.222 e. The summed E-state index contributed by atoms with van der Waals surface area (Å²) in [6.07, 6.45) is 8.57. The summed E-state index contributed by atoms with van der Waals surface area (Å²) >= 11 is 0. The van der Waals surface area contributed by atoms with Gasteiger partial charge in [0.05, 0.1) is 0 Å². The van der Waals surface area contributed by atoms with Gasteiger partial charge in [-0.2, -0.15) is 0 Å². The first-order chi connectivity index (χ1) is 13.1. The topological polar surface area (TPSA) is 49.3 Å². The molecule has 0 saturated carbocycles. The highest BCUT2D eigenvalue weighted by molar-refractivity contribution is 5.77. The average molecular weight is 364 g/mol. The van der Waals surface area contributed by atoms with Crippen molar-refractivity contribution < 1.29 is 4.79 Å². The van der Waals surface area contributed by atoms with Gasteiger partial charge in [0.15, 0.2) is 0 Å². The third-order valence-corrected chi connectivity index (χ3v) is 6.00. The molecule has 2 saturated heterocycles. The molecular formula is C22H28N4O. The average Bonchev–Trinajstić information content (AvgIpc) is 2.70. The highest BCUT2D eigenvalue weighted by Gasteiger charge is 2.41. The predicted molar refractivity (Wildman–Crippen MR) is 107 cm³/mol. The van der Waals surface area contributed by atoms with E-state index in [-0.39, 0.29) is 5.41 Å². The molecule has 1 spiro atoms. The number of hydrogen-bond acceptors (Lipinski definition) is 4. The zero-order valence-corrected chi connectivity index (χ0v) is 16.1. The van der Waals surface area contributed by atoms with Gasteiger partial charge in [-0.15, -0.1) is 0 Å². The van der Waals surface area contributed by atoms with E-state index in [1.165, 1.54) is 12.0 Å². The van der Waals surface area contributed by atoms with E-state index < -0.39 is 0 Å². The second kappa shape index (κ2) is 7.67. The molecular weight excluding hydrogens is 336 g/mol. The molecule has 4 heterocycles. The number of aromatic nitrogens is 2. The van der Waals surface area contributed by atoms with Crippen molar-refractivity contribution >= 4 is 11.7 Å². The number of anilines is 1. The Hall–Kier alpha value is -2.43. The standard InChI is InChI=1S/C22H28N4O/c1-18-7-12-24-20(15-18)25-13-4-9-22(16-25)10-6-21(27)26(17-22)14-8-19-5-2-3-11-23-19/h2-3,5,7,11-12,15H,4,6,8-10,13-14,16-17H2,1H3/t22-/m0/s1. The third kappa shape index (κ3) is 4.12. The lowest BCUT2D eigenvalue weighted by molar-refractivity contribution is -0.137. The number of aryl methyl sites for hydroxylation is 1. The van der Waals surface area contributed by atoms with E-state index in [4.69, 9.17) is 0 Å². The minimum atomic E-state index is 0.196. The van der Waals surface area contributed by atoms with E-state index in [1.54, 1.807) is 0 Å². The first-order valence-corrected chi connectivity index (χ1v) is 9.99. The molecule has 142 valence electrons. The molecule has 5 heteroatoms. The van der Waals surface area contributed by atoms with Crippen molar-refractivity contribution in [2.75, 3.05) is 31.1 Å². The van der Waals surface area contributed by atoms with Crippen molar-refractivity contribution in [2.45, 2.75) is 39.0 Å². The summed E-state index contributed by atoms with van der Waals surface area (Å²) in [4.78, 5) is 26.0. The van der Waals surface area contributed by atoms with Crippen LogP contribution in [0.3, 0.4) is 0 Å². The summed E-state index contributed by atoms with van der Waals surface area (Å²) in [5.41, 5.74) is 2.50. The van der Waals surface area contributed by atoms with Gasteiger partial charge in [0.25, 0.3) is 0 Å². The molecule has 2 aromatic rings. The Morgan fingerprint density at radius 1 is 1.11 bits per heavy atom. The molecule has 1 amide bonds. The fourth-order valence-electron chi connectivity index (χ4n) is 4.53. The summed E-state index contributed by atoms with van der Waals surface area (Å²) < 4.78 is 0. The molecule has 5 nitrogen and oxygen atoms in total. The predicted octanol–water partition coefficient (Wildman–Crippen LogP) is 3.24. The molecule has 0 aliphatic carbocycles. The van der Waals surface area contributed by atoms with Gasteiger partial charge in [-0.25, -0.2) is 4.98 Å². The van der Waals surface area contributed by atoms with Crippen LogP contribution < -0.4 is 4.90 Å². The molecule has 0 N–H and O–H groups in total. The first-order valence-electron chi connectivity index (χ1n) is 9.99. The molecule has 4 rings (SSSR count). The number of nitrogens with zero attached hydrogens (tertiary/aromatic N) is 4. The molecule has 0 aromatic carbocycles. The van der Waals surface area contributed by atoms with Crippen molar-refractivity contribution in [1.82, 2.24) is 14.9 Å². The van der Waals surface area contributed by atoms with Crippen LogP contribution in [0.1, 0.15) is 36.9 Å². The Kier molecular flexibility index (Phi) is 5.10. The van der Waals surface area contributed by atoms with E-state index in [0.29, 0.717) is 12.3 Å². The number of carbonyl (C=O) groups excluding carboxylic acids is 1. The second-order valence-corrected chi connectivity index (χ2v) is 8.10. The van der Waals surface area contributed by atoms with E-state index in [2.05, 4.69) is 32.8 Å². The highest BCUT2D eigenvalue weighted by Crippen LogP contribution is 2.40. The largest absolute Gasteiger partial charge is 0.356 e. The zero-order chi connectivity index (χ0) is 18.7. The molecule has 2 aliphatic heterocycles. The second-order valence-electron chi connectivity index (χ2n) is 8.10. The number of likely N-dealkylation sites (tertiary alicyclic amines) is 1. The zero-order valence-electron chi connectivity index (χ0n) is 16.1. The monoisotopic (exact) mass is 364 g/mol. The van der Waals surface area contributed by atoms with Crippen LogP contribution in [0.5, 0.6) is 0 Å². The van der Waals surface area contributed by atoms with Gasteiger partial charge in [-0.1, -0.05) is 6.07 Å². The van der Waals surface area contributed by atoms with Crippen molar-refractivity contribution in [3.05, 3.63) is 54.0 Å². The van der Waals surface area contributed by atoms with Gasteiger partial charge in [-0.3, -0.25) is 9.78 Å². The number of pyridine rings is 2. The Balaban J connectivity index is 1.44. The van der Waals surface area contributed by atoms with Gasteiger partial charge in [0, 0.05) is 62.5 Å². The van der Waals surface area contributed by atoms with Crippen LogP contribution in [0.4, 0.5) is 5.82 Å². The Morgan fingerprint density at radius 3 is 2.85 bits per heavy atom. The maximum absolute atomic E-state index is 12.5. The van der Waals surface area contributed by atoms with Gasteiger partial charge >= 0.3 is 0 Å². The number of carbonyl (C=O) groups is 1. The molecule has 27 heavy (non-hydrogen) atoms. The minimum absolute atomic E-state index is 0.196. The van der Waals surface area contributed by atoms with Crippen molar-refractivity contribution in [2.24, 2.45) is 5.41 Å². The SMILES string of the molecule is Cc1ccnc(N2CCC[C@]3(CCC(=O)N(CCc4ccccn4)C3)C2)c1. The van der Waals surface area contributed by atoms with Crippen LogP contribution in [0, 0.1) is 12.3 Å². The summed E-state index contributed by atoms with van der Waals surface area (Å²) in [7, 11) is 0. The Labute approximate surface area is 161 Å². The molecule has 0 radical (unpaired) electrons. The number of hydrogen-bond donors (Lipinski definition) is 0. The summed E-state index contributed by atoms with van der Waals surface area (Å²) in [5.74, 6) is 1.37. The molecule has 2 aromatic heterocycles. The minimum Gasteiger partial charge on any atom is -0.356 e. The van der Waals surface area contributed by atoms with Crippen LogP contribution in [-0.2, 0) is 11.2 Å². The van der Waals surface area contributed by atoms with Gasteiger partial charge in [0.2, 0.25) is 5.91 Å². The molecule has 2 fully saturated rings. The Morgan fingerprint density at radius 2 is 2.04 bits per heavy atom. The van der Waals surface area contributed by atoms with E-state index in [9.17, 15) is 4.79 Å². The number of amides is 1. The quantitative estimate of drug-likeness (QED) is 0.836. The lowest BCUT2D eigenvalue weighted by Crippen LogP contribution is -2.54. The van der Waals surface area contributed by atoms with Crippen molar-refractivity contribution in [1.29, 1.82) is 0 Å². The fourth-order valence-corrected chi connectivity index (χ4v) is 4.53. The third-order valence-electron chi connectivity index (χ3n) is 6.00. The maximum atomic E-state index is 12.5. The number of rotatable bonds is 4. The van der Waals surface area contributed by atoms with Gasteiger partial charge in [0.1, 0.15) is 5.82 Å². The fraction of sp³-hybridized carbons (Fsp3) is 0.500. The molecule has 1 atom stereocenters. The maximum Gasteiger partial charge on any atom is 0.222 e. The van der Waals surface area contributed by atoms with Crippen molar-refractivity contribution in [3.63, 3.8) is 0 Å². The number of piperidine rings is 2. The van der Waals surface area contributed by atoms with Crippen molar-refractivity contribution in [3.8, 4) is 0 Å². The summed E-state index contributed by atoms with van der Waals surface area (Å²) in [5, 5.41) is 0. The van der Waals surface area contributed by atoms with Crippen LogP contribution in [0.15, 0.2) is 42.7 Å². The van der Waals surface area contributed by atoms with Gasteiger partial charge in [-0.05, 0) is 56.0 Å². The summed E-state index contributed by atoms with van der Waals surface area (Å²) in [6, 6.07) is 10.2. The van der Waals surface area contributed by atoms with E-state index >= 15 is 0 Å². The Bertz CT molecular complexity index is 794. The van der Waals surface area contributed by atoms with Crippen LogP contribution in [0.2, 0.25) is 0 Å². The van der Waals surface area contributed by atoms with Crippen LogP contribution in [-0.4, -0.2) is 47.0 Å². The molecule has 2 aliphatic rings. The highest BCUT2D eigenvalue weighted by atomic mass is 16.2. The lowest BCUT2D eigenvalue weighted by atomic mass is 9.73. The van der Waals surface area contributed by atoms with Crippen LogP contribution >= 0.6 is 0 Å². The molecule has 0 bridgehead atoms. The van der Waals surface area contributed by atoms with E-state index in [0.717, 1.165) is 57.0 Å². The first kappa shape index (κ1) is 18.0.